The van der Waals surface area contributed by atoms with E-state index in [0.717, 1.165) is 5.56 Å². The number of carbonyl (C=O) groups excluding carboxylic acids is 1. The first-order valence-electron chi connectivity index (χ1n) is 7.39. The molecule has 0 aliphatic heterocycles. The van der Waals surface area contributed by atoms with Crippen LogP contribution < -0.4 is 4.74 Å². The van der Waals surface area contributed by atoms with Gasteiger partial charge in [0.15, 0.2) is 6.61 Å². The van der Waals surface area contributed by atoms with Gasteiger partial charge < -0.3 is 9.47 Å². The monoisotopic (exact) mass is 322 g/mol. The lowest BCUT2D eigenvalue weighted by atomic mass is 9.88. The lowest BCUT2D eigenvalue weighted by Crippen LogP contribution is -2.21. The molecule has 4 heteroatoms. The van der Waals surface area contributed by atoms with E-state index < -0.39 is 0 Å². The van der Waals surface area contributed by atoms with E-state index in [9.17, 15) is 4.79 Å². The van der Waals surface area contributed by atoms with E-state index in [1.807, 2.05) is 33.8 Å². The summed E-state index contributed by atoms with van der Waals surface area (Å²) in [6.45, 7) is 9.65. The van der Waals surface area contributed by atoms with Crippen LogP contribution in [-0.4, -0.2) is 18.7 Å². The van der Waals surface area contributed by atoms with Gasteiger partial charge in [-0.05, 0) is 44.4 Å². The van der Waals surface area contributed by atoms with Crippen LogP contribution in [0.3, 0.4) is 0 Å². The number of ether oxygens (including phenoxy) is 2. The Balaban J connectivity index is 2.98. The SMILES string of the molecule is CC#CCOC(=O)C(c1ccc(OC(C)C)c(Cl)c1)C(C)C. The average Bonchev–Trinajstić information content (AvgIpc) is 2.41. The molecule has 1 rings (SSSR count). The highest BCUT2D eigenvalue weighted by molar-refractivity contribution is 6.32. The Hall–Kier alpha value is -1.66. The molecule has 0 saturated carbocycles. The summed E-state index contributed by atoms with van der Waals surface area (Å²) >= 11 is 6.25. The van der Waals surface area contributed by atoms with Crippen molar-refractivity contribution < 1.29 is 14.3 Å². The summed E-state index contributed by atoms with van der Waals surface area (Å²) in [5, 5.41) is 0.498. The first-order chi connectivity index (χ1) is 10.4. The van der Waals surface area contributed by atoms with Gasteiger partial charge in [0, 0.05) is 0 Å². The van der Waals surface area contributed by atoms with Crippen LogP contribution in [0.2, 0.25) is 5.02 Å². The molecule has 0 heterocycles. The largest absolute Gasteiger partial charge is 0.489 e. The van der Waals surface area contributed by atoms with Crippen molar-refractivity contribution in [2.45, 2.75) is 46.6 Å². The van der Waals surface area contributed by atoms with Crippen LogP contribution in [0, 0.1) is 17.8 Å². The number of carbonyl (C=O) groups is 1. The predicted molar refractivity (Wildman–Crippen MR) is 89.2 cm³/mol. The Bertz CT molecular complexity index is 567. The van der Waals surface area contributed by atoms with Crippen LogP contribution in [0.5, 0.6) is 5.75 Å². The van der Waals surface area contributed by atoms with Crippen molar-refractivity contribution in [1.82, 2.24) is 0 Å². The Morgan fingerprint density at radius 2 is 1.95 bits per heavy atom. The van der Waals surface area contributed by atoms with E-state index in [1.165, 1.54) is 0 Å². The summed E-state index contributed by atoms with van der Waals surface area (Å²) in [5.41, 5.74) is 0.825. The van der Waals surface area contributed by atoms with E-state index in [0.29, 0.717) is 10.8 Å². The molecule has 0 saturated heterocycles. The van der Waals surface area contributed by atoms with Gasteiger partial charge in [0.05, 0.1) is 17.0 Å². The molecule has 0 amide bonds. The molecular formula is C18H23ClO3. The second-order valence-corrected chi connectivity index (χ2v) is 6.02. The fourth-order valence-corrected chi connectivity index (χ4v) is 2.36. The Morgan fingerprint density at radius 1 is 1.27 bits per heavy atom. The Morgan fingerprint density at radius 3 is 2.45 bits per heavy atom. The highest BCUT2D eigenvalue weighted by Crippen LogP contribution is 2.33. The summed E-state index contributed by atoms with van der Waals surface area (Å²) < 4.78 is 10.8. The zero-order valence-electron chi connectivity index (χ0n) is 13.8. The first kappa shape index (κ1) is 18.4. The van der Waals surface area contributed by atoms with E-state index in [2.05, 4.69) is 11.8 Å². The fraction of sp³-hybridized carbons (Fsp3) is 0.500. The summed E-state index contributed by atoms with van der Waals surface area (Å²) in [4.78, 5) is 12.3. The summed E-state index contributed by atoms with van der Waals surface area (Å²) in [6.07, 6.45) is 0.0434. The summed E-state index contributed by atoms with van der Waals surface area (Å²) in [7, 11) is 0. The molecule has 22 heavy (non-hydrogen) atoms. The summed E-state index contributed by atoms with van der Waals surface area (Å²) in [6, 6.07) is 5.43. The van der Waals surface area contributed by atoms with Crippen molar-refractivity contribution in [2.75, 3.05) is 6.61 Å². The molecule has 0 fully saturated rings. The van der Waals surface area contributed by atoms with Crippen molar-refractivity contribution in [2.24, 2.45) is 5.92 Å². The van der Waals surface area contributed by atoms with Gasteiger partial charge in [0.25, 0.3) is 0 Å². The van der Waals surface area contributed by atoms with E-state index >= 15 is 0 Å². The number of hydrogen-bond acceptors (Lipinski definition) is 3. The van der Waals surface area contributed by atoms with Crippen molar-refractivity contribution in [3.05, 3.63) is 28.8 Å². The molecule has 0 aliphatic rings. The minimum Gasteiger partial charge on any atom is -0.489 e. The molecule has 3 nitrogen and oxygen atoms in total. The molecule has 0 spiro atoms. The Kier molecular flexibility index (Phi) is 7.27. The first-order valence-corrected chi connectivity index (χ1v) is 7.77. The average molecular weight is 323 g/mol. The Labute approximate surface area is 138 Å². The zero-order valence-corrected chi connectivity index (χ0v) is 14.5. The second-order valence-electron chi connectivity index (χ2n) is 5.61. The molecule has 0 bridgehead atoms. The highest BCUT2D eigenvalue weighted by Gasteiger charge is 2.26. The molecule has 0 radical (unpaired) electrons. The maximum Gasteiger partial charge on any atom is 0.314 e. The van der Waals surface area contributed by atoms with Gasteiger partial charge in [-0.2, -0.15) is 0 Å². The molecule has 1 aromatic rings. The van der Waals surface area contributed by atoms with Crippen molar-refractivity contribution in [1.29, 1.82) is 0 Å². The van der Waals surface area contributed by atoms with Gasteiger partial charge in [-0.25, -0.2) is 0 Å². The van der Waals surface area contributed by atoms with Crippen LogP contribution in [0.15, 0.2) is 18.2 Å². The van der Waals surface area contributed by atoms with Crippen molar-refractivity contribution >= 4 is 17.6 Å². The van der Waals surface area contributed by atoms with Gasteiger partial charge in [-0.1, -0.05) is 37.4 Å². The molecule has 1 aromatic carbocycles. The molecule has 1 atom stereocenters. The highest BCUT2D eigenvalue weighted by atomic mass is 35.5. The molecule has 0 aromatic heterocycles. The normalized spacial score (nSPS) is 11.8. The van der Waals surface area contributed by atoms with Crippen molar-refractivity contribution in [3.63, 3.8) is 0 Å². The summed E-state index contributed by atoms with van der Waals surface area (Å²) in [5.74, 6) is 5.48. The van der Waals surface area contributed by atoms with Crippen LogP contribution in [0.1, 0.15) is 46.1 Å². The fourth-order valence-electron chi connectivity index (χ4n) is 2.12. The van der Waals surface area contributed by atoms with Gasteiger partial charge in [0.1, 0.15) is 5.75 Å². The lowest BCUT2D eigenvalue weighted by Gasteiger charge is -2.20. The number of benzene rings is 1. The maximum absolute atomic E-state index is 12.3. The number of rotatable bonds is 6. The number of esters is 1. The zero-order chi connectivity index (χ0) is 16.7. The third-order valence-corrected chi connectivity index (χ3v) is 3.36. The lowest BCUT2D eigenvalue weighted by molar-refractivity contribution is -0.145. The van der Waals surface area contributed by atoms with Gasteiger partial charge in [0.2, 0.25) is 0 Å². The standard InChI is InChI=1S/C18H23ClO3/c1-6-7-10-21-18(20)17(12(2)3)14-8-9-16(15(19)11-14)22-13(4)5/h8-9,11-13,17H,10H2,1-5H3. The van der Waals surface area contributed by atoms with Gasteiger partial charge >= 0.3 is 5.97 Å². The predicted octanol–water partition coefficient (Wildman–Crippen LogP) is 4.43. The van der Waals surface area contributed by atoms with Crippen LogP contribution in [-0.2, 0) is 9.53 Å². The molecule has 120 valence electrons. The third-order valence-electron chi connectivity index (χ3n) is 3.06. The van der Waals surface area contributed by atoms with E-state index in [4.69, 9.17) is 21.1 Å². The minimum absolute atomic E-state index is 0.0434. The maximum atomic E-state index is 12.3. The third kappa shape index (κ3) is 5.27. The van der Waals surface area contributed by atoms with Crippen LogP contribution in [0.4, 0.5) is 0 Å². The van der Waals surface area contributed by atoms with E-state index in [1.54, 1.807) is 19.1 Å². The van der Waals surface area contributed by atoms with Crippen molar-refractivity contribution in [3.8, 4) is 17.6 Å². The number of halogens is 1. The smallest absolute Gasteiger partial charge is 0.314 e. The molecule has 1 unspecified atom stereocenters. The molecule has 0 aliphatic carbocycles. The van der Waals surface area contributed by atoms with Crippen LogP contribution >= 0.6 is 11.6 Å². The quantitative estimate of drug-likeness (QED) is 0.574. The van der Waals surface area contributed by atoms with E-state index in [-0.39, 0.29) is 30.5 Å². The topological polar surface area (TPSA) is 35.5 Å². The molecular weight excluding hydrogens is 300 g/mol. The van der Waals surface area contributed by atoms with Gasteiger partial charge in [-0.15, -0.1) is 5.92 Å². The van der Waals surface area contributed by atoms with Gasteiger partial charge in [-0.3, -0.25) is 4.79 Å². The second kappa shape index (κ2) is 8.70. The number of hydrogen-bond donors (Lipinski definition) is 0. The molecule has 0 N–H and O–H groups in total. The van der Waals surface area contributed by atoms with Crippen LogP contribution in [0.25, 0.3) is 0 Å². The minimum atomic E-state index is -0.371.